The molecule has 0 radical (unpaired) electrons. The molecule has 0 aliphatic carbocycles. The Morgan fingerprint density at radius 3 is 2.50 bits per heavy atom. The number of likely N-dealkylation sites (N-methyl/N-ethyl adjacent to an activating group) is 1. The molecule has 3 heteroatoms. The molecule has 1 saturated heterocycles. The summed E-state index contributed by atoms with van der Waals surface area (Å²) in [6.45, 7) is 7.58. The van der Waals surface area contributed by atoms with E-state index in [1.54, 1.807) is 0 Å². The number of benzene rings is 1. The molecule has 1 aromatic rings. The number of hydrogen-bond acceptors (Lipinski definition) is 3. The monoisotopic (exact) mass is 248 g/mol. The normalized spacial score (nSPS) is 19.9. The van der Waals surface area contributed by atoms with Crippen LogP contribution in [0.25, 0.3) is 0 Å². The van der Waals surface area contributed by atoms with Gasteiger partial charge < -0.3 is 14.9 Å². The van der Waals surface area contributed by atoms with Gasteiger partial charge in [0.05, 0.1) is 6.10 Å². The maximum Gasteiger partial charge on any atom is 0.0804 e. The van der Waals surface area contributed by atoms with Crippen molar-refractivity contribution >= 4 is 0 Å². The first-order chi connectivity index (χ1) is 8.66. The number of aliphatic hydroxyl groups is 1. The maximum atomic E-state index is 10.2. The Morgan fingerprint density at radius 2 is 1.83 bits per heavy atom. The highest BCUT2D eigenvalue weighted by molar-refractivity contribution is 5.27. The summed E-state index contributed by atoms with van der Waals surface area (Å²) < 4.78 is 0. The molecule has 0 spiro atoms. The highest BCUT2D eigenvalue weighted by atomic mass is 16.3. The van der Waals surface area contributed by atoms with Gasteiger partial charge in [-0.1, -0.05) is 24.3 Å². The van der Waals surface area contributed by atoms with E-state index in [4.69, 9.17) is 0 Å². The predicted octanol–water partition coefficient (Wildman–Crippen LogP) is 1.67. The van der Waals surface area contributed by atoms with E-state index in [0.717, 1.165) is 44.7 Å². The highest BCUT2D eigenvalue weighted by Gasteiger charge is 2.16. The van der Waals surface area contributed by atoms with Crippen molar-refractivity contribution in [3.05, 3.63) is 35.4 Å². The van der Waals surface area contributed by atoms with Crippen LogP contribution in [0.1, 0.15) is 23.7 Å². The lowest BCUT2D eigenvalue weighted by Crippen LogP contribution is -2.44. The molecular formula is C15H24N2O. The van der Waals surface area contributed by atoms with Crippen LogP contribution in [-0.4, -0.2) is 54.7 Å². The second-order valence-electron chi connectivity index (χ2n) is 5.31. The molecule has 0 bridgehead atoms. The minimum atomic E-state index is -0.328. The van der Waals surface area contributed by atoms with Crippen LogP contribution < -0.4 is 0 Å². The third kappa shape index (κ3) is 3.55. The zero-order valence-corrected chi connectivity index (χ0v) is 11.5. The van der Waals surface area contributed by atoms with Crippen LogP contribution >= 0.6 is 0 Å². The van der Waals surface area contributed by atoms with Gasteiger partial charge in [0.15, 0.2) is 0 Å². The van der Waals surface area contributed by atoms with Crippen molar-refractivity contribution in [2.24, 2.45) is 0 Å². The van der Waals surface area contributed by atoms with E-state index in [1.807, 2.05) is 18.2 Å². The summed E-state index contributed by atoms with van der Waals surface area (Å²) in [5.74, 6) is 0. The van der Waals surface area contributed by atoms with E-state index in [1.165, 1.54) is 5.56 Å². The van der Waals surface area contributed by atoms with Crippen LogP contribution in [-0.2, 0) is 0 Å². The summed E-state index contributed by atoms with van der Waals surface area (Å²) in [4.78, 5) is 4.80. The lowest BCUT2D eigenvalue weighted by atomic mass is 10.0. The fourth-order valence-electron chi connectivity index (χ4n) is 2.49. The standard InChI is InChI=1S/C15H24N2O/c1-13-5-3-4-6-14(13)15(18)7-8-17-11-9-16(2)10-12-17/h3-6,15,18H,7-12H2,1-2H3. The maximum absolute atomic E-state index is 10.2. The van der Waals surface area contributed by atoms with Crippen LogP contribution in [0.2, 0.25) is 0 Å². The van der Waals surface area contributed by atoms with Gasteiger partial charge in [-0.15, -0.1) is 0 Å². The van der Waals surface area contributed by atoms with Gasteiger partial charge in [0.2, 0.25) is 0 Å². The van der Waals surface area contributed by atoms with Crippen molar-refractivity contribution in [1.29, 1.82) is 0 Å². The van der Waals surface area contributed by atoms with E-state index in [-0.39, 0.29) is 6.10 Å². The van der Waals surface area contributed by atoms with Crippen molar-refractivity contribution in [2.45, 2.75) is 19.4 Å². The first kappa shape index (κ1) is 13.5. The fourth-order valence-corrected chi connectivity index (χ4v) is 2.49. The summed E-state index contributed by atoms with van der Waals surface area (Å²) >= 11 is 0. The molecule has 1 atom stereocenters. The zero-order valence-electron chi connectivity index (χ0n) is 11.5. The second kappa shape index (κ2) is 6.32. The number of hydrogen-bond donors (Lipinski definition) is 1. The predicted molar refractivity (Wildman–Crippen MR) is 74.7 cm³/mol. The molecule has 1 aliphatic heterocycles. The molecule has 0 aromatic heterocycles. The molecule has 3 nitrogen and oxygen atoms in total. The third-order valence-corrected chi connectivity index (χ3v) is 3.86. The SMILES string of the molecule is Cc1ccccc1C(O)CCN1CCN(C)CC1. The van der Waals surface area contributed by atoms with Crippen molar-refractivity contribution in [3.8, 4) is 0 Å². The summed E-state index contributed by atoms with van der Waals surface area (Å²) in [6.07, 6.45) is 0.500. The third-order valence-electron chi connectivity index (χ3n) is 3.86. The smallest absolute Gasteiger partial charge is 0.0804 e. The molecule has 1 N–H and O–H groups in total. The molecular weight excluding hydrogens is 224 g/mol. The van der Waals surface area contributed by atoms with Crippen LogP contribution in [0.3, 0.4) is 0 Å². The molecule has 2 rings (SSSR count). The number of aliphatic hydroxyl groups excluding tert-OH is 1. The van der Waals surface area contributed by atoms with Gasteiger partial charge in [0.1, 0.15) is 0 Å². The average molecular weight is 248 g/mol. The van der Waals surface area contributed by atoms with Crippen molar-refractivity contribution < 1.29 is 5.11 Å². The van der Waals surface area contributed by atoms with Crippen molar-refractivity contribution in [3.63, 3.8) is 0 Å². The van der Waals surface area contributed by atoms with Crippen LogP contribution in [0.4, 0.5) is 0 Å². The minimum absolute atomic E-state index is 0.328. The molecule has 0 amide bonds. The fraction of sp³-hybridized carbons (Fsp3) is 0.600. The van der Waals surface area contributed by atoms with Gasteiger partial charge in [-0.05, 0) is 31.5 Å². The second-order valence-corrected chi connectivity index (χ2v) is 5.31. The largest absolute Gasteiger partial charge is 0.388 e. The van der Waals surface area contributed by atoms with E-state index in [2.05, 4.69) is 29.8 Å². The Morgan fingerprint density at radius 1 is 1.17 bits per heavy atom. The number of rotatable bonds is 4. The molecule has 1 heterocycles. The van der Waals surface area contributed by atoms with Crippen molar-refractivity contribution in [1.82, 2.24) is 9.80 Å². The zero-order chi connectivity index (χ0) is 13.0. The van der Waals surface area contributed by atoms with E-state index >= 15 is 0 Å². The lowest BCUT2D eigenvalue weighted by Gasteiger charge is -2.32. The first-order valence-corrected chi connectivity index (χ1v) is 6.81. The number of aryl methyl sites for hydroxylation is 1. The van der Waals surface area contributed by atoms with Crippen LogP contribution in [0.5, 0.6) is 0 Å². The van der Waals surface area contributed by atoms with E-state index in [9.17, 15) is 5.11 Å². The first-order valence-electron chi connectivity index (χ1n) is 6.81. The Kier molecular flexibility index (Phi) is 4.75. The molecule has 100 valence electrons. The summed E-state index contributed by atoms with van der Waals surface area (Å²) in [5.41, 5.74) is 2.26. The van der Waals surface area contributed by atoms with Gasteiger partial charge in [-0.25, -0.2) is 0 Å². The van der Waals surface area contributed by atoms with Gasteiger partial charge in [0.25, 0.3) is 0 Å². The summed E-state index contributed by atoms with van der Waals surface area (Å²) in [5, 5.41) is 10.2. The minimum Gasteiger partial charge on any atom is -0.388 e. The van der Waals surface area contributed by atoms with Gasteiger partial charge in [-0.3, -0.25) is 0 Å². The number of piperazine rings is 1. The molecule has 1 aromatic carbocycles. The summed E-state index contributed by atoms with van der Waals surface area (Å²) in [6, 6.07) is 8.12. The molecule has 1 unspecified atom stereocenters. The van der Waals surface area contributed by atoms with Gasteiger partial charge >= 0.3 is 0 Å². The molecule has 18 heavy (non-hydrogen) atoms. The van der Waals surface area contributed by atoms with Gasteiger partial charge in [-0.2, -0.15) is 0 Å². The van der Waals surface area contributed by atoms with Gasteiger partial charge in [0, 0.05) is 32.7 Å². The Hall–Kier alpha value is -0.900. The Bertz CT molecular complexity index is 373. The summed E-state index contributed by atoms with van der Waals surface area (Å²) in [7, 11) is 2.17. The topological polar surface area (TPSA) is 26.7 Å². The average Bonchev–Trinajstić information content (AvgIpc) is 2.38. The molecule has 1 fully saturated rings. The van der Waals surface area contributed by atoms with Crippen molar-refractivity contribution in [2.75, 3.05) is 39.8 Å². The quantitative estimate of drug-likeness (QED) is 0.878. The Balaban J connectivity index is 1.81. The van der Waals surface area contributed by atoms with E-state index in [0.29, 0.717) is 0 Å². The molecule has 0 saturated carbocycles. The van der Waals surface area contributed by atoms with E-state index < -0.39 is 0 Å². The van der Waals surface area contributed by atoms with Crippen LogP contribution in [0.15, 0.2) is 24.3 Å². The number of nitrogens with zero attached hydrogens (tertiary/aromatic N) is 2. The highest BCUT2D eigenvalue weighted by Crippen LogP contribution is 2.20. The lowest BCUT2D eigenvalue weighted by molar-refractivity contribution is 0.112. The molecule has 1 aliphatic rings. The van der Waals surface area contributed by atoms with Crippen LogP contribution in [0, 0.1) is 6.92 Å². The Labute approximate surface area is 110 Å².